The van der Waals surface area contributed by atoms with Crippen LogP contribution in [0.5, 0.6) is 11.5 Å². The van der Waals surface area contributed by atoms with Crippen LogP contribution in [-0.2, 0) is 4.79 Å². The molecule has 10 heteroatoms. The number of nitrogens with one attached hydrogen (secondary N) is 1. The Morgan fingerprint density at radius 1 is 1.15 bits per heavy atom. The summed E-state index contributed by atoms with van der Waals surface area (Å²) in [4.78, 5) is 22.6. The maximum absolute atomic E-state index is 12.3. The van der Waals surface area contributed by atoms with Crippen molar-refractivity contribution in [1.29, 1.82) is 5.26 Å². The number of benzene rings is 3. The van der Waals surface area contributed by atoms with Crippen LogP contribution in [0.2, 0.25) is 10.0 Å². The smallest absolute Gasteiger partial charge is 0.269 e. The number of non-ortho nitro benzene ring substituents is 1. The van der Waals surface area contributed by atoms with E-state index in [1.165, 1.54) is 31.4 Å². The highest BCUT2D eigenvalue weighted by Gasteiger charge is 2.15. The van der Waals surface area contributed by atoms with Crippen LogP contribution in [0.1, 0.15) is 11.1 Å². The van der Waals surface area contributed by atoms with Crippen molar-refractivity contribution in [2.45, 2.75) is 0 Å². The van der Waals surface area contributed by atoms with Gasteiger partial charge in [-0.1, -0.05) is 35.3 Å². The minimum atomic E-state index is -0.516. The second kappa shape index (κ2) is 11.2. The first-order chi connectivity index (χ1) is 16.3. The summed E-state index contributed by atoms with van der Waals surface area (Å²) in [5, 5.41) is 23.6. The number of nitriles is 1. The molecule has 0 bridgehead atoms. The Bertz CT molecular complexity index is 1300. The zero-order chi connectivity index (χ0) is 24.7. The number of ether oxygens (including phenoxy) is 2. The molecule has 0 saturated heterocycles. The monoisotopic (exact) mass is 497 g/mol. The fourth-order valence-electron chi connectivity index (χ4n) is 2.96. The van der Waals surface area contributed by atoms with E-state index in [4.69, 9.17) is 32.7 Å². The number of allylic oxidation sites excluding steroid dienone is 1. The van der Waals surface area contributed by atoms with Gasteiger partial charge in [0.1, 0.15) is 0 Å². The topological polar surface area (TPSA) is 114 Å². The second-order valence-corrected chi connectivity index (χ2v) is 7.64. The molecule has 0 aromatic heterocycles. The Kier molecular flexibility index (Phi) is 8.09. The van der Waals surface area contributed by atoms with E-state index in [-0.39, 0.29) is 34.4 Å². The van der Waals surface area contributed by atoms with Crippen LogP contribution in [-0.4, -0.2) is 24.5 Å². The Labute approximate surface area is 205 Å². The van der Waals surface area contributed by atoms with E-state index in [1.807, 2.05) is 0 Å². The van der Waals surface area contributed by atoms with Crippen LogP contribution in [0.25, 0.3) is 11.6 Å². The lowest BCUT2D eigenvalue weighted by Crippen LogP contribution is -2.20. The van der Waals surface area contributed by atoms with E-state index in [0.29, 0.717) is 21.8 Å². The van der Waals surface area contributed by atoms with Crippen molar-refractivity contribution in [2.75, 3.05) is 19.0 Å². The van der Waals surface area contributed by atoms with E-state index < -0.39 is 10.8 Å². The lowest BCUT2D eigenvalue weighted by atomic mass is 10.0. The molecular weight excluding hydrogens is 481 g/mol. The highest BCUT2D eigenvalue weighted by atomic mass is 35.5. The molecule has 3 aromatic carbocycles. The van der Waals surface area contributed by atoms with Crippen LogP contribution in [0.15, 0.2) is 60.7 Å². The van der Waals surface area contributed by atoms with Crippen molar-refractivity contribution in [2.24, 2.45) is 0 Å². The SMILES string of the molecule is COc1cc(/C=C(\C#N)c2ccc([N+](=O)[O-])cc2)cc(Cl)c1OCC(=O)Nc1ccccc1Cl. The molecule has 1 amide bonds. The van der Waals surface area contributed by atoms with Crippen molar-refractivity contribution in [1.82, 2.24) is 0 Å². The molecular formula is C24H17Cl2N3O5. The minimum Gasteiger partial charge on any atom is -0.493 e. The summed E-state index contributed by atoms with van der Waals surface area (Å²) in [6, 6.07) is 17.6. The summed E-state index contributed by atoms with van der Waals surface area (Å²) in [5.74, 6) is -0.0325. The predicted octanol–water partition coefficient (Wildman–Crippen LogP) is 5.99. The van der Waals surface area contributed by atoms with E-state index in [9.17, 15) is 20.2 Å². The number of methoxy groups -OCH3 is 1. The molecule has 3 rings (SSSR count). The number of amides is 1. The average Bonchev–Trinajstić information content (AvgIpc) is 2.83. The van der Waals surface area contributed by atoms with Gasteiger partial charge in [-0.25, -0.2) is 0 Å². The van der Waals surface area contributed by atoms with Crippen molar-refractivity contribution < 1.29 is 19.2 Å². The first-order valence-electron chi connectivity index (χ1n) is 9.73. The minimum absolute atomic E-state index is 0.0779. The number of nitrogens with zero attached hydrogens (tertiary/aromatic N) is 2. The van der Waals surface area contributed by atoms with Crippen molar-refractivity contribution in [3.63, 3.8) is 0 Å². The molecule has 0 heterocycles. The number of rotatable bonds is 8. The maximum Gasteiger partial charge on any atom is 0.269 e. The molecule has 0 unspecified atom stereocenters. The molecule has 0 spiro atoms. The first kappa shape index (κ1) is 24.6. The fourth-order valence-corrected chi connectivity index (χ4v) is 3.42. The van der Waals surface area contributed by atoms with E-state index in [2.05, 4.69) is 11.4 Å². The zero-order valence-corrected chi connectivity index (χ0v) is 19.3. The van der Waals surface area contributed by atoms with Crippen LogP contribution in [0, 0.1) is 21.4 Å². The molecule has 8 nitrogen and oxygen atoms in total. The number of nitro groups is 1. The van der Waals surface area contributed by atoms with Crippen LogP contribution in [0.3, 0.4) is 0 Å². The van der Waals surface area contributed by atoms with Gasteiger partial charge in [-0.3, -0.25) is 14.9 Å². The van der Waals surface area contributed by atoms with Gasteiger partial charge in [-0.15, -0.1) is 0 Å². The number of halogens is 2. The summed E-state index contributed by atoms with van der Waals surface area (Å²) in [6.45, 7) is -0.345. The van der Waals surface area contributed by atoms with Gasteiger partial charge >= 0.3 is 0 Å². The van der Waals surface area contributed by atoms with Gasteiger partial charge in [-0.05, 0) is 53.6 Å². The number of anilines is 1. The Morgan fingerprint density at radius 2 is 1.85 bits per heavy atom. The molecule has 172 valence electrons. The van der Waals surface area contributed by atoms with Crippen molar-refractivity contribution in [3.8, 4) is 17.6 Å². The molecule has 0 aliphatic rings. The summed E-state index contributed by atoms with van der Waals surface area (Å²) in [6.07, 6.45) is 1.56. The van der Waals surface area contributed by atoms with Gasteiger partial charge in [0.25, 0.3) is 11.6 Å². The van der Waals surface area contributed by atoms with Crippen LogP contribution >= 0.6 is 23.2 Å². The third kappa shape index (κ3) is 6.04. The molecule has 1 N–H and O–H groups in total. The first-order valence-corrected chi connectivity index (χ1v) is 10.5. The zero-order valence-electron chi connectivity index (χ0n) is 17.7. The summed E-state index contributed by atoms with van der Waals surface area (Å²) in [7, 11) is 1.41. The molecule has 3 aromatic rings. The second-order valence-electron chi connectivity index (χ2n) is 6.82. The molecule has 0 aliphatic carbocycles. The van der Waals surface area contributed by atoms with Gasteiger partial charge in [-0.2, -0.15) is 5.26 Å². The highest BCUT2D eigenvalue weighted by molar-refractivity contribution is 6.33. The number of carbonyl (C=O) groups is 1. The largest absolute Gasteiger partial charge is 0.493 e. The van der Waals surface area contributed by atoms with E-state index in [1.54, 1.807) is 42.5 Å². The number of carbonyl (C=O) groups excluding carboxylic acids is 1. The average molecular weight is 498 g/mol. The van der Waals surface area contributed by atoms with Gasteiger partial charge in [0.2, 0.25) is 0 Å². The number of hydrogen-bond acceptors (Lipinski definition) is 6. The lowest BCUT2D eigenvalue weighted by molar-refractivity contribution is -0.384. The fraction of sp³-hybridized carbons (Fsp3) is 0.0833. The normalized spacial score (nSPS) is 10.8. The highest BCUT2D eigenvalue weighted by Crippen LogP contribution is 2.37. The number of nitro benzene ring substituents is 1. The van der Waals surface area contributed by atoms with E-state index in [0.717, 1.165) is 0 Å². The van der Waals surface area contributed by atoms with Gasteiger partial charge in [0.05, 0.1) is 39.4 Å². The Hall–Kier alpha value is -4.06. The third-order valence-corrected chi connectivity index (χ3v) is 5.18. The molecule has 0 aliphatic heterocycles. The van der Waals surface area contributed by atoms with Crippen molar-refractivity contribution >= 4 is 52.1 Å². The van der Waals surface area contributed by atoms with Crippen molar-refractivity contribution in [3.05, 3.63) is 92.0 Å². The van der Waals surface area contributed by atoms with Gasteiger partial charge < -0.3 is 14.8 Å². The molecule has 34 heavy (non-hydrogen) atoms. The number of para-hydroxylation sites is 1. The predicted molar refractivity (Wildman–Crippen MR) is 130 cm³/mol. The van der Waals surface area contributed by atoms with Crippen LogP contribution in [0.4, 0.5) is 11.4 Å². The molecule has 0 saturated carbocycles. The standard InChI is InChI=1S/C24H17Cl2N3O5/c1-33-22-12-15(10-17(13-27)16-6-8-18(9-7-16)29(31)32)11-20(26)24(22)34-14-23(30)28-21-5-3-2-4-19(21)25/h2-12H,14H2,1H3,(H,28,30)/b17-10+. The quantitative estimate of drug-likeness (QED) is 0.177. The molecule has 0 radical (unpaired) electrons. The molecule has 0 fully saturated rings. The maximum atomic E-state index is 12.3. The van der Waals surface area contributed by atoms with E-state index >= 15 is 0 Å². The van der Waals surface area contributed by atoms with Gasteiger partial charge in [0, 0.05) is 12.1 Å². The Morgan fingerprint density at radius 3 is 2.47 bits per heavy atom. The summed E-state index contributed by atoms with van der Waals surface area (Å²) in [5.41, 5.74) is 1.67. The lowest BCUT2D eigenvalue weighted by Gasteiger charge is -2.14. The Balaban J connectivity index is 1.79. The molecule has 0 atom stereocenters. The summed E-state index contributed by atoms with van der Waals surface area (Å²) >= 11 is 12.4. The van der Waals surface area contributed by atoms with Gasteiger partial charge in [0.15, 0.2) is 18.1 Å². The number of hydrogen-bond donors (Lipinski definition) is 1. The van der Waals surface area contributed by atoms with Crippen LogP contribution < -0.4 is 14.8 Å². The summed E-state index contributed by atoms with van der Waals surface area (Å²) < 4.78 is 10.9. The third-order valence-electron chi connectivity index (χ3n) is 4.57.